The van der Waals surface area contributed by atoms with E-state index in [0.29, 0.717) is 5.82 Å². The van der Waals surface area contributed by atoms with Crippen LogP contribution in [0.2, 0.25) is 0 Å². The summed E-state index contributed by atoms with van der Waals surface area (Å²) in [7, 11) is 0. The van der Waals surface area contributed by atoms with Gasteiger partial charge in [0.05, 0.1) is 22.4 Å². The number of fused-ring (bicyclic) bond motifs is 8. The third-order valence-corrected chi connectivity index (χ3v) is 11.8. The van der Waals surface area contributed by atoms with Gasteiger partial charge >= 0.3 is 0 Å². The third kappa shape index (κ3) is 5.61. The first-order chi connectivity index (χ1) is 29.7. The highest BCUT2D eigenvalue weighted by Gasteiger charge is 2.18. The number of nitrogens with zero attached hydrogens (tertiary/aromatic N) is 3. The minimum Gasteiger partial charge on any atom is -0.455 e. The lowest BCUT2D eigenvalue weighted by Crippen LogP contribution is -1.96. The number of para-hydroxylation sites is 3. The quantitative estimate of drug-likeness (QED) is 0.169. The molecule has 12 rings (SSSR count). The van der Waals surface area contributed by atoms with Crippen LogP contribution in [0.25, 0.3) is 116 Å². The zero-order chi connectivity index (χ0) is 39.6. The molecule has 3 heterocycles. The van der Waals surface area contributed by atoms with E-state index in [1.54, 1.807) is 0 Å². The first kappa shape index (κ1) is 34.0. The van der Waals surface area contributed by atoms with Gasteiger partial charge in [-0.05, 0) is 70.1 Å². The van der Waals surface area contributed by atoms with Crippen molar-refractivity contribution in [2.45, 2.75) is 0 Å². The van der Waals surface area contributed by atoms with E-state index in [1.807, 2.05) is 30.3 Å². The Morgan fingerprint density at radius 2 is 0.867 bits per heavy atom. The lowest BCUT2D eigenvalue weighted by Gasteiger charge is -2.12. The maximum absolute atomic E-state index is 6.49. The van der Waals surface area contributed by atoms with Crippen LogP contribution in [0.15, 0.2) is 217 Å². The molecule has 0 spiro atoms. The Morgan fingerprint density at radius 3 is 1.52 bits per heavy atom. The first-order valence-corrected chi connectivity index (χ1v) is 20.3. The van der Waals surface area contributed by atoms with Gasteiger partial charge in [0.25, 0.3) is 0 Å². The fourth-order valence-electron chi connectivity index (χ4n) is 8.90. The Kier molecular flexibility index (Phi) is 7.82. The van der Waals surface area contributed by atoms with Crippen LogP contribution >= 0.6 is 0 Å². The van der Waals surface area contributed by atoms with Crippen LogP contribution in [0.5, 0.6) is 0 Å². The Balaban J connectivity index is 0.900. The first-order valence-electron chi connectivity index (χ1n) is 20.3. The van der Waals surface area contributed by atoms with E-state index in [-0.39, 0.29) is 0 Å². The van der Waals surface area contributed by atoms with Crippen molar-refractivity contribution in [1.82, 2.24) is 14.5 Å². The van der Waals surface area contributed by atoms with Crippen molar-refractivity contribution in [2.75, 3.05) is 0 Å². The lowest BCUT2D eigenvalue weighted by molar-refractivity contribution is 0.673. The summed E-state index contributed by atoms with van der Waals surface area (Å²) in [6.07, 6.45) is 0. The molecule has 0 saturated heterocycles. The third-order valence-electron chi connectivity index (χ3n) is 11.8. The molecule has 0 unspecified atom stereocenters. The van der Waals surface area contributed by atoms with E-state index >= 15 is 0 Å². The van der Waals surface area contributed by atoms with Crippen LogP contribution < -0.4 is 0 Å². The summed E-state index contributed by atoms with van der Waals surface area (Å²) in [6.45, 7) is 0. The van der Waals surface area contributed by atoms with Crippen LogP contribution in [0.3, 0.4) is 0 Å². The minimum atomic E-state index is 0.693. The Labute approximate surface area is 346 Å². The number of furan rings is 1. The molecule has 0 N–H and O–H groups in total. The fourth-order valence-corrected chi connectivity index (χ4v) is 8.90. The summed E-state index contributed by atoms with van der Waals surface area (Å²) >= 11 is 0. The van der Waals surface area contributed by atoms with Crippen LogP contribution in [0.1, 0.15) is 0 Å². The monoisotopic (exact) mass is 765 g/mol. The number of rotatable bonds is 6. The SMILES string of the molecule is c1ccc(-c2nc(-c3ccc(-c4ccc(-n5c6ccccc6c6ccccc65)cc4)cc3)cc(-c3ccc(-c4cc5ccccc5c5oc6ccccc6c45)cc3)n2)cc1. The molecule has 12 aromatic rings. The molecule has 4 nitrogen and oxygen atoms in total. The van der Waals surface area contributed by atoms with Crippen molar-refractivity contribution in [2.24, 2.45) is 0 Å². The van der Waals surface area contributed by atoms with Gasteiger partial charge in [-0.15, -0.1) is 0 Å². The van der Waals surface area contributed by atoms with Crippen molar-refractivity contribution < 1.29 is 4.42 Å². The number of aromatic nitrogens is 3. The van der Waals surface area contributed by atoms with Crippen molar-refractivity contribution >= 4 is 54.5 Å². The second-order valence-electron chi connectivity index (χ2n) is 15.3. The van der Waals surface area contributed by atoms with E-state index in [9.17, 15) is 0 Å². The largest absolute Gasteiger partial charge is 0.455 e. The molecule has 0 amide bonds. The van der Waals surface area contributed by atoms with E-state index in [0.717, 1.165) is 88.7 Å². The van der Waals surface area contributed by atoms with Gasteiger partial charge in [0.2, 0.25) is 0 Å². The van der Waals surface area contributed by atoms with Crippen molar-refractivity contribution in [3.63, 3.8) is 0 Å². The number of benzene rings is 9. The van der Waals surface area contributed by atoms with Crippen LogP contribution in [0, 0.1) is 0 Å². The molecule has 4 heteroatoms. The highest BCUT2D eigenvalue weighted by atomic mass is 16.3. The van der Waals surface area contributed by atoms with Crippen LogP contribution in [0.4, 0.5) is 0 Å². The summed E-state index contributed by atoms with van der Waals surface area (Å²) < 4.78 is 8.84. The summed E-state index contributed by atoms with van der Waals surface area (Å²) in [4.78, 5) is 10.2. The summed E-state index contributed by atoms with van der Waals surface area (Å²) in [5, 5.41) is 7.05. The molecule has 0 fully saturated rings. The summed E-state index contributed by atoms with van der Waals surface area (Å²) in [6, 6.07) is 75.0. The Hall–Kier alpha value is -8.08. The van der Waals surface area contributed by atoms with Crippen molar-refractivity contribution in [3.8, 4) is 61.8 Å². The normalized spacial score (nSPS) is 11.7. The zero-order valence-electron chi connectivity index (χ0n) is 32.5. The van der Waals surface area contributed by atoms with Gasteiger partial charge in [0.15, 0.2) is 5.82 Å². The van der Waals surface area contributed by atoms with Gasteiger partial charge in [-0.3, -0.25) is 0 Å². The smallest absolute Gasteiger partial charge is 0.160 e. The molecular formula is C56H35N3O. The average Bonchev–Trinajstić information content (AvgIpc) is 3.89. The molecule has 0 aliphatic rings. The Bertz CT molecular complexity index is 3510. The van der Waals surface area contributed by atoms with Gasteiger partial charge in [0.1, 0.15) is 11.2 Å². The van der Waals surface area contributed by atoms with Crippen molar-refractivity contribution in [3.05, 3.63) is 212 Å². The molecule has 60 heavy (non-hydrogen) atoms. The molecule has 0 aliphatic carbocycles. The van der Waals surface area contributed by atoms with Gasteiger partial charge in [-0.2, -0.15) is 0 Å². The van der Waals surface area contributed by atoms with Gasteiger partial charge in [-0.1, -0.05) is 170 Å². The van der Waals surface area contributed by atoms with E-state index in [2.05, 4.69) is 187 Å². The number of hydrogen-bond donors (Lipinski definition) is 0. The Morgan fingerprint density at radius 1 is 0.367 bits per heavy atom. The summed E-state index contributed by atoms with van der Waals surface area (Å²) in [5.74, 6) is 0.693. The van der Waals surface area contributed by atoms with Crippen LogP contribution in [-0.2, 0) is 0 Å². The van der Waals surface area contributed by atoms with Gasteiger partial charge in [-0.25, -0.2) is 9.97 Å². The molecule has 280 valence electrons. The lowest BCUT2D eigenvalue weighted by atomic mass is 9.94. The van der Waals surface area contributed by atoms with E-state index in [1.165, 1.54) is 21.8 Å². The summed E-state index contributed by atoms with van der Waals surface area (Å²) in [5.41, 5.74) is 14.7. The second-order valence-corrected chi connectivity index (χ2v) is 15.3. The molecule has 0 aliphatic heterocycles. The molecule has 0 saturated carbocycles. The minimum absolute atomic E-state index is 0.693. The topological polar surface area (TPSA) is 43.9 Å². The molecule has 9 aromatic carbocycles. The van der Waals surface area contributed by atoms with E-state index < -0.39 is 0 Å². The maximum Gasteiger partial charge on any atom is 0.160 e. The molecular weight excluding hydrogens is 731 g/mol. The predicted octanol–water partition coefficient (Wildman–Crippen LogP) is 15.0. The molecule has 3 aromatic heterocycles. The molecule has 0 bridgehead atoms. The van der Waals surface area contributed by atoms with Gasteiger partial charge < -0.3 is 8.98 Å². The predicted molar refractivity (Wildman–Crippen MR) is 248 cm³/mol. The highest BCUT2D eigenvalue weighted by Crippen LogP contribution is 2.42. The fraction of sp³-hybridized carbons (Fsp3) is 0. The molecule has 0 radical (unpaired) electrons. The second kappa shape index (κ2) is 13.8. The maximum atomic E-state index is 6.49. The molecule has 0 atom stereocenters. The van der Waals surface area contributed by atoms with E-state index in [4.69, 9.17) is 14.4 Å². The highest BCUT2D eigenvalue weighted by molar-refractivity contribution is 6.21. The zero-order valence-corrected chi connectivity index (χ0v) is 32.5. The standard InChI is InChI=1S/C56H35N3O/c1-2-12-41(13-3-1)56-57-49(39-26-22-36(23-27-39)37-30-32-43(33-31-37)59-51-19-9-6-16-45(51)46-17-7-10-20-52(46)59)35-50(58-56)40-28-24-38(25-29-40)48-34-42-14-4-5-15-44(42)55-54(48)47-18-8-11-21-53(47)60-55/h1-35H. The average molecular weight is 766 g/mol. The number of hydrogen-bond acceptors (Lipinski definition) is 3. The van der Waals surface area contributed by atoms with Crippen molar-refractivity contribution in [1.29, 1.82) is 0 Å². The van der Waals surface area contributed by atoms with Crippen LogP contribution in [-0.4, -0.2) is 14.5 Å². The van der Waals surface area contributed by atoms with Gasteiger partial charge in [0, 0.05) is 49.3 Å².